The molecule has 2 aliphatic rings. The van der Waals surface area contributed by atoms with Crippen LogP contribution in [0, 0.1) is 0 Å². The predicted octanol–water partition coefficient (Wildman–Crippen LogP) is 4.77. The van der Waals surface area contributed by atoms with Gasteiger partial charge in [0.2, 0.25) is 0 Å². The average molecular weight is 308 g/mol. The van der Waals surface area contributed by atoms with Gasteiger partial charge in [-0.1, -0.05) is 25.0 Å². The largest absolute Gasteiger partial charge is 0.370 e. The number of ether oxygens (including phenoxy) is 3. The molecule has 2 fully saturated rings. The standard InChI is InChI=1S/C19H32O3/c1-15(2)8-5-4-6-9-18-16(3)14-17(22-18)10-11-19-20-12-7-13-21-19/h17-19H,1,3-14H2,2H3/t17?,18-/m0/s1. The molecule has 0 aromatic carbocycles. The van der Waals surface area contributed by atoms with Crippen LogP contribution in [0.25, 0.3) is 0 Å². The van der Waals surface area contributed by atoms with Gasteiger partial charge in [0.25, 0.3) is 0 Å². The Morgan fingerprint density at radius 3 is 2.59 bits per heavy atom. The van der Waals surface area contributed by atoms with Crippen molar-refractivity contribution in [3.63, 3.8) is 0 Å². The van der Waals surface area contributed by atoms with Crippen LogP contribution in [0.4, 0.5) is 0 Å². The first-order valence-electron chi connectivity index (χ1n) is 8.86. The van der Waals surface area contributed by atoms with Gasteiger partial charge in [-0.15, -0.1) is 6.58 Å². The first-order chi connectivity index (χ1) is 10.6. The van der Waals surface area contributed by atoms with Crippen molar-refractivity contribution in [2.75, 3.05) is 13.2 Å². The van der Waals surface area contributed by atoms with E-state index < -0.39 is 0 Å². The summed E-state index contributed by atoms with van der Waals surface area (Å²) in [6, 6.07) is 0. The Hall–Kier alpha value is -0.640. The molecule has 0 N–H and O–H groups in total. The van der Waals surface area contributed by atoms with Gasteiger partial charge >= 0.3 is 0 Å². The van der Waals surface area contributed by atoms with Crippen molar-refractivity contribution in [2.45, 2.75) is 83.2 Å². The highest BCUT2D eigenvalue weighted by atomic mass is 16.7. The molecular formula is C19H32O3. The van der Waals surface area contributed by atoms with Crippen molar-refractivity contribution in [1.82, 2.24) is 0 Å². The van der Waals surface area contributed by atoms with Crippen LogP contribution in [0.5, 0.6) is 0 Å². The first-order valence-corrected chi connectivity index (χ1v) is 8.86. The van der Waals surface area contributed by atoms with Crippen LogP contribution in [-0.4, -0.2) is 31.7 Å². The minimum atomic E-state index is -0.0215. The van der Waals surface area contributed by atoms with Crippen molar-refractivity contribution < 1.29 is 14.2 Å². The van der Waals surface area contributed by atoms with E-state index in [1.807, 2.05) is 0 Å². The molecule has 2 atom stereocenters. The quantitative estimate of drug-likeness (QED) is 0.453. The smallest absolute Gasteiger partial charge is 0.157 e. The number of hydrogen-bond acceptors (Lipinski definition) is 3. The zero-order valence-corrected chi connectivity index (χ0v) is 14.1. The summed E-state index contributed by atoms with van der Waals surface area (Å²) in [6.07, 6.45) is 10.5. The molecule has 0 aliphatic carbocycles. The highest BCUT2D eigenvalue weighted by Crippen LogP contribution is 2.31. The van der Waals surface area contributed by atoms with E-state index in [2.05, 4.69) is 20.1 Å². The zero-order valence-electron chi connectivity index (χ0n) is 14.1. The minimum absolute atomic E-state index is 0.0215. The van der Waals surface area contributed by atoms with Gasteiger partial charge in [-0.25, -0.2) is 0 Å². The second-order valence-electron chi connectivity index (χ2n) is 6.77. The maximum Gasteiger partial charge on any atom is 0.157 e. The monoisotopic (exact) mass is 308 g/mol. The SMILES string of the molecule is C=C(C)CCCCC[C@@H]1OC(CCC2OCCCO2)CC1=C. The predicted molar refractivity (Wildman–Crippen MR) is 89.9 cm³/mol. The number of allylic oxidation sites excluding steroid dienone is 1. The second kappa shape index (κ2) is 9.49. The molecule has 2 heterocycles. The summed E-state index contributed by atoms with van der Waals surface area (Å²) in [6.45, 7) is 11.9. The number of hydrogen-bond donors (Lipinski definition) is 0. The topological polar surface area (TPSA) is 27.7 Å². The average Bonchev–Trinajstić information content (AvgIpc) is 2.86. The van der Waals surface area contributed by atoms with Gasteiger partial charge in [0.1, 0.15) is 0 Å². The fraction of sp³-hybridized carbons (Fsp3) is 0.789. The lowest BCUT2D eigenvalue weighted by atomic mass is 10.0. The lowest BCUT2D eigenvalue weighted by molar-refractivity contribution is -0.184. The fourth-order valence-corrected chi connectivity index (χ4v) is 3.20. The molecule has 2 rings (SSSR count). The highest BCUT2D eigenvalue weighted by molar-refractivity contribution is 5.09. The Morgan fingerprint density at radius 2 is 1.86 bits per heavy atom. The Balaban J connectivity index is 1.57. The van der Waals surface area contributed by atoms with Crippen LogP contribution >= 0.6 is 0 Å². The third-order valence-electron chi connectivity index (χ3n) is 4.49. The van der Waals surface area contributed by atoms with E-state index in [1.165, 1.54) is 30.4 Å². The van der Waals surface area contributed by atoms with Crippen LogP contribution in [0.2, 0.25) is 0 Å². The van der Waals surface area contributed by atoms with Gasteiger partial charge in [-0.2, -0.15) is 0 Å². The normalized spacial score (nSPS) is 26.5. The molecule has 0 radical (unpaired) electrons. The van der Waals surface area contributed by atoms with E-state index in [-0.39, 0.29) is 12.4 Å². The second-order valence-corrected chi connectivity index (χ2v) is 6.77. The van der Waals surface area contributed by atoms with E-state index in [0.29, 0.717) is 6.10 Å². The molecule has 0 aromatic rings. The Bertz CT molecular complexity index is 358. The van der Waals surface area contributed by atoms with Crippen molar-refractivity contribution in [1.29, 1.82) is 0 Å². The molecule has 0 bridgehead atoms. The molecule has 1 unspecified atom stereocenters. The van der Waals surface area contributed by atoms with Crippen LogP contribution in [-0.2, 0) is 14.2 Å². The fourth-order valence-electron chi connectivity index (χ4n) is 3.20. The van der Waals surface area contributed by atoms with E-state index in [1.54, 1.807) is 0 Å². The summed E-state index contributed by atoms with van der Waals surface area (Å²) in [7, 11) is 0. The molecule has 2 saturated heterocycles. The minimum Gasteiger partial charge on any atom is -0.370 e. The molecule has 2 aliphatic heterocycles. The van der Waals surface area contributed by atoms with Gasteiger partial charge < -0.3 is 14.2 Å². The van der Waals surface area contributed by atoms with E-state index in [0.717, 1.165) is 51.7 Å². The van der Waals surface area contributed by atoms with Crippen molar-refractivity contribution in [2.24, 2.45) is 0 Å². The summed E-state index contributed by atoms with van der Waals surface area (Å²) in [5, 5.41) is 0. The number of unbranched alkanes of at least 4 members (excludes halogenated alkanes) is 2. The van der Waals surface area contributed by atoms with Crippen LogP contribution in [0.15, 0.2) is 24.3 Å². The molecule has 3 heteroatoms. The molecular weight excluding hydrogens is 276 g/mol. The number of rotatable bonds is 9. The highest BCUT2D eigenvalue weighted by Gasteiger charge is 2.29. The molecule has 0 saturated carbocycles. The lowest BCUT2D eigenvalue weighted by Gasteiger charge is -2.24. The van der Waals surface area contributed by atoms with E-state index >= 15 is 0 Å². The third-order valence-corrected chi connectivity index (χ3v) is 4.49. The van der Waals surface area contributed by atoms with Crippen molar-refractivity contribution in [3.05, 3.63) is 24.3 Å². The van der Waals surface area contributed by atoms with Crippen LogP contribution in [0.3, 0.4) is 0 Å². The van der Waals surface area contributed by atoms with Crippen LogP contribution < -0.4 is 0 Å². The first kappa shape index (κ1) is 17.7. The summed E-state index contributed by atoms with van der Waals surface area (Å²) in [5.41, 5.74) is 2.56. The summed E-state index contributed by atoms with van der Waals surface area (Å²) < 4.78 is 17.4. The van der Waals surface area contributed by atoms with E-state index in [9.17, 15) is 0 Å². The van der Waals surface area contributed by atoms with Gasteiger partial charge in [0.05, 0.1) is 25.4 Å². The molecule has 22 heavy (non-hydrogen) atoms. The van der Waals surface area contributed by atoms with Gasteiger partial charge in [0, 0.05) is 6.42 Å². The van der Waals surface area contributed by atoms with E-state index in [4.69, 9.17) is 14.2 Å². The Kier molecular flexibility index (Phi) is 7.64. The summed E-state index contributed by atoms with van der Waals surface area (Å²) in [5.74, 6) is 0. The maximum atomic E-state index is 6.16. The van der Waals surface area contributed by atoms with Crippen molar-refractivity contribution in [3.8, 4) is 0 Å². The molecule has 3 nitrogen and oxygen atoms in total. The van der Waals surface area contributed by atoms with Gasteiger partial charge in [-0.05, 0) is 51.0 Å². The van der Waals surface area contributed by atoms with Gasteiger partial charge in [0.15, 0.2) is 6.29 Å². The third kappa shape index (κ3) is 6.23. The maximum absolute atomic E-state index is 6.16. The lowest BCUT2D eigenvalue weighted by Crippen LogP contribution is -2.26. The van der Waals surface area contributed by atoms with Crippen molar-refractivity contribution >= 4 is 0 Å². The zero-order chi connectivity index (χ0) is 15.8. The molecule has 126 valence electrons. The summed E-state index contributed by atoms with van der Waals surface area (Å²) >= 11 is 0. The Morgan fingerprint density at radius 1 is 1.09 bits per heavy atom. The molecule has 0 amide bonds. The van der Waals surface area contributed by atoms with Crippen LogP contribution in [0.1, 0.15) is 64.7 Å². The van der Waals surface area contributed by atoms with Gasteiger partial charge in [-0.3, -0.25) is 0 Å². The summed E-state index contributed by atoms with van der Waals surface area (Å²) in [4.78, 5) is 0. The molecule has 0 spiro atoms. The Labute approximate surface area is 135 Å². The molecule has 0 aromatic heterocycles.